The summed E-state index contributed by atoms with van der Waals surface area (Å²) in [6, 6.07) is 7.93. The van der Waals surface area contributed by atoms with Crippen LogP contribution in [0.2, 0.25) is 0 Å². The number of hydrogen-bond donors (Lipinski definition) is 1. The van der Waals surface area contributed by atoms with Gasteiger partial charge in [-0.3, -0.25) is 0 Å². The maximum Gasteiger partial charge on any atom is 0.101 e. The lowest BCUT2D eigenvalue weighted by Gasteiger charge is -2.20. The van der Waals surface area contributed by atoms with Gasteiger partial charge < -0.3 is 10.2 Å². The molecule has 4 heteroatoms. The topological polar surface area (TPSA) is 39.1 Å². The van der Waals surface area contributed by atoms with E-state index in [1.807, 2.05) is 32.3 Å². The summed E-state index contributed by atoms with van der Waals surface area (Å²) in [5.74, 6) is 0. The van der Waals surface area contributed by atoms with Crippen molar-refractivity contribution in [2.75, 3.05) is 32.1 Å². The van der Waals surface area contributed by atoms with Crippen molar-refractivity contribution < 1.29 is 0 Å². The molecule has 0 atom stereocenters. The van der Waals surface area contributed by atoms with E-state index in [4.69, 9.17) is 5.26 Å². The third kappa shape index (κ3) is 3.51. The van der Waals surface area contributed by atoms with E-state index < -0.39 is 0 Å². The van der Waals surface area contributed by atoms with Crippen molar-refractivity contribution in [2.24, 2.45) is 0 Å². The zero-order valence-corrected chi connectivity index (χ0v) is 11.2. The summed E-state index contributed by atoms with van der Waals surface area (Å²) in [5, 5.41) is 12.1. The third-order valence-corrected chi connectivity index (χ3v) is 2.91. The fourth-order valence-electron chi connectivity index (χ4n) is 1.53. The number of halogens is 1. The van der Waals surface area contributed by atoms with Gasteiger partial charge in [-0.15, -0.1) is 0 Å². The highest BCUT2D eigenvalue weighted by molar-refractivity contribution is 9.10. The van der Waals surface area contributed by atoms with Crippen LogP contribution in [0, 0.1) is 11.3 Å². The Bertz CT molecular complexity index is 384. The summed E-state index contributed by atoms with van der Waals surface area (Å²) in [5.41, 5.74) is 1.70. The first-order valence-corrected chi connectivity index (χ1v) is 6.03. The molecule has 0 spiro atoms. The van der Waals surface area contributed by atoms with Gasteiger partial charge in [-0.25, -0.2) is 0 Å². The van der Waals surface area contributed by atoms with Gasteiger partial charge in [-0.2, -0.15) is 5.26 Å². The van der Waals surface area contributed by atoms with Crippen molar-refractivity contribution in [3.63, 3.8) is 0 Å². The van der Waals surface area contributed by atoms with Crippen LogP contribution in [0.5, 0.6) is 0 Å². The molecule has 0 heterocycles. The average molecular weight is 282 g/mol. The molecule has 1 aromatic rings. The van der Waals surface area contributed by atoms with Crippen LogP contribution in [0.25, 0.3) is 0 Å². The Morgan fingerprint density at radius 2 is 2.25 bits per heavy atom. The highest BCUT2D eigenvalue weighted by atomic mass is 79.9. The molecular weight excluding hydrogens is 266 g/mol. The number of rotatable bonds is 5. The van der Waals surface area contributed by atoms with E-state index in [1.165, 1.54) is 0 Å². The summed E-state index contributed by atoms with van der Waals surface area (Å²) in [6.45, 7) is 1.92. The van der Waals surface area contributed by atoms with E-state index in [1.54, 1.807) is 0 Å². The van der Waals surface area contributed by atoms with Gasteiger partial charge in [0.25, 0.3) is 0 Å². The quantitative estimate of drug-likeness (QED) is 0.843. The average Bonchev–Trinajstić information content (AvgIpc) is 2.29. The first-order valence-electron chi connectivity index (χ1n) is 5.24. The molecule has 0 aromatic heterocycles. The van der Waals surface area contributed by atoms with Gasteiger partial charge in [0.05, 0.1) is 11.3 Å². The lowest BCUT2D eigenvalue weighted by molar-refractivity contribution is 0.712. The molecule has 1 rings (SSSR count). The van der Waals surface area contributed by atoms with Gasteiger partial charge in [-0.1, -0.05) is 15.9 Å². The first kappa shape index (κ1) is 13.0. The summed E-state index contributed by atoms with van der Waals surface area (Å²) in [4.78, 5) is 2.11. The number of benzene rings is 1. The van der Waals surface area contributed by atoms with Crippen molar-refractivity contribution >= 4 is 21.6 Å². The third-order valence-electron chi connectivity index (χ3n) is 2.41. The van der Waals surface area contributed by atoms with Crippen molar-refractivity contribution in [3.05, 3.63) is 28.2 Å². The van der Waals surface area contributed by atoms with Crippen LogP contribution in [-0.4, -0.2) is 27.2 Å². The molecule has 16 heavy (non-hydrogen) atoms. The second kappa shape index (κ2) is 6.51. The molecule has 0 unspecified atom stereocenters. The van der Waals surface area contributed by atoms with E-state index in [9.17, 15) is 0 Å². The predicted octanol–water partition coefficient (Wildman–Crippen LogP) is 2.37. The summed E-state index contributed by atoms with van der Waals surface area (Å²) in [7, 11) is 3.96. The molecule has 1 aromatic carbocycles. The highest BCUT2D eigenvalue weighted by Gasteiger charge is 2.07. The monoisotopic (exact) mass is 281 g/mol. The number of hydrogen-bond acceptors (Lipinski definition) is 3. The standard InChI is InChI=1S/C12H16BrN3/c1-15-6-3-7-16(2)12-8-11(13)5-4-10(12)9-14/h4-5,8,15H,3,6-7H2,1-2H3. The summed E-state index contributed by atoms with van der Waals surface area (Å²) in [6.07, 6.45) is 1.06. The zero-order chi connectivity index (χ0) is 12.0. The Balaban J connectivity index is 2.77. The Hall–Kier alpha value is -1.05. The Kier molecular flexibility index (Phi) is 5.30. The number of nitrogens with one attached hydrogen (secondary N) is 1. The molecule has 0 radical (unpaired) electrons. The molecule has 0 saturated carbocycles. The van der Waals surface area contributed by atoms with Gasteiger partial charge in [-0.05, 0) is 38.2 Å². The van der Waals surface area contributed by atoms with Crippen LogP contribution >= 0.6 is 15.9 Å². The molecule has 0 aliphatic heterocycles. The van der Waals surface area contributed by atoms with Crippen molar-refractivity contribution in [1.29, 1.82) is 5.26 Å². The summed E-state index contributed by atoms with van der Waals surface area (Å²) < 4.78 is 1.00. The van der Waals surface area contributed by atoms with Crippen LogP contribution in [-0.2, 0) is 0 Å². The molecule has 0 saturated heterocycles. The van der Waals surface area contributed by atoms with Gasteiger partial charge in [0.1, 0.15) is 6.07 Å². The largest absolute Gasteiger partial charge is 0.373 e. The molecular formula is C12H16BrN3. The van der Waals surface area contributed by atoms with Gasteiger partial charge >= 0.3 is 0 Å². The lowest BCUT2D eigenvalue weighted by Crippen LogP contribution is -2.22. The van der Waals surface area contributed by atoms with Crippen LogP contribution in [0.15, 0.2) is 22.7 Å². The molecule has 0 aliphatic rings. The summed E-state index contributed by atoms with van der Waals surface area (Å²) >= 11 is 3.43. The molecule has 0 amide bonds. The van der Waals surface area contributed by atoms with Crippen molar-refractivity contribution in [3.8, 4) is 6.07 Å². The highest BCUT2D eigenvalue weighted by Crippen LogP contribution is 2.23. The molecule has 0 bridgehead atoms. The molecule has 0 fully saturated rings. The lowest BCUT2D eigenvalue weighted by atomic mass is 10.2. The van der Waals surface area contributed by atoms with Crippen LogP contribution in [0.4, 0.5) is 5.69 Å². The fourth-order valence-corrected chi connectivity index (χ4v) is 1.88. The fraction of sp³-hybridized carbons (Fsp3) is 0.417. The zero-order valence-electron chi connectivity index (χ0n) is 9.63. The number of nitriles is 1. The van der Waals surface area contributed by atoms with Gasteiger partial charge in [0.2, 0.25) is 0 Å². The van der Waals surface area contributed by atoms with Crippen molar-refractivity contribution in [1.82, 2.24) is 5.32 Å². The SMILES string of the molecule is CNCCCN(C)c1cc(Br)ccc1C#N. The van der Waals surface area contributed by atoms with Crippen LogP contribution in [0.3, 0.4) is 0 Å². The normalized spacial score (nSPS) is 9.88. The molecule has 3 nitrogen and oxygen atoms in total. The van der Waals surface area contributed by atoms with E-state index in [0.29, 0.717) is 0 Å². The maximum absolute atomic E-state index is 9.03. The van der Waals surface area contributed by atoms with E-state index in [2.05, 4.69) is 32.2 Å². The number of nitrogens with zero attached hydrogens (tertiary/aromatic N) is 2. The molecule has 1 N–H and O–H groups in total. The van der Waals surface area contributed by atoms with E-state index >= 15 is 0 Å². The van der Waals surface area contributed by atoms with Crippen molar-refractivity contribution in [2.45, 2.75) is 6.42 Å². The smallest absolute Gasteiger partial charge is 0.101 e. The second-order valence-electron chi connectivity index (χ2n) is 3.65. The number of anilines is 1. The van der Waals surface area contributed by atoms with Gasteiger partial charge in [0.15, 0.2) is 0 Å². The Labute approximate surface area is 105 Å². The Morgan fingerprint density at radius 3 is 2.88 bits per heavy atom. The van der Waals surface area contributed by atoms with Crippen LogP contribution in [0.1, 0.15) is 12.0 Å². The minimum Gasteiger partial charge on any atom is -0.373 e. The molecule has 0 aliphatic carbocycles. The minimum atomic E-state index is 0.718. The Morgan fingerprint density at radius 1 is 1.50 bits per heavy atom. The van der Waals surface area contributed by atoms with Gasteiger partial charge in [0, 0.05) is 18.1 Å². The predicted molar refractivity (Wildman–Crippen MR) is 70.7 cm³/mol. The maximum atomic E-state index is 9.03. The first-order chi connectivity index (χ1) is 7.69. The van der Waals surface area contributed by atoms with E-state index in [0.717, 1.165) is 35.2 Å². The minimum absolute atomic E-state index is 0.718. The second-order valence-corrected chi connectivity index (χ2v) is 4.57. The van der Waals surface area contributed by atoms with Crippen LogP contribution < -0.4 is 10.2 Å². The van der Waals surface area contributed by atoms with E-state index in [-0.39, 0.29) is 0 Å². The molecule has 86 valence electrons.